The molecule has 5 heteroatoms. The highest BCUT2D eigenvalue weighted by Gasteiger charge is 2.26. The number of nitrogens with one attached hydrogen (secondary N) is 1. The molecule has 0 saturated heterocycles. The average Bonchev–Trinajstić information content (AvgIpc) is 2.28. The van der Waals surface area contributed by atoms with Crippen molar-refractivity contribution in [2.45, 2.75) is 26.2 Å². The van der Waals surface area contributed by atoms with Crippen molar-refractivity contribution in [3.05, 3.63) is 15.9 Å². The zero-order valence-corrected chi connectivity index (χ0v) is 9.27. The van der Waals surface area contributed by atoms with Gasteiger partial charge in [0.15, 0.2) is 0 Å². The number of H-pyrrole nitrogens is 1. The Morgan fingerprint density at radius 1 is 1.54 bits per heavy atom. The summed E-state index contributed by atoms with van der Waals surface area (Å²) >= 11 is 3.09. The highest BCUT2D eigenvalue weighted by Crippen LogP contribution is 2.27. The highest BCUT2D eigenvalue weighted by atomic mass is 79.9. The molecule has 1 aromatic heterocycles. The molecule has 0 aliphatic carbocycles. The number of carbonyl (C=O) groups is 1. The van der Waals surface area contributed by atoms with Crippen molar-refractivity contribution in [3.63, 3.8) is 0 Å². The fourth-order valence-corrected chi connectivity index (χ4v) is 1.51. The van der Waals surface area contributed by atoms with E-state index >= 15 is 0 Å². The van der Waals surface area contributed by atoms with E-state index in [2.05, 4.69) is 26.1 Å². The van der Waals surface area contributed by atoms with Crippen LogP contribution in [0.1, 0.15) is 36.8 Å². The molecule has 0 fully saturated rings. The third-order valence-corrected chi connectivity index (χ3v) is 2.26. The lowest BCUT2D eigenvalue weighted by Gasteiger charge is -2.16. The molecule has 1 aromatic rings. The zero-order valence-electron chi connectivity index (χ0n) is 7.68. The van der Waals surface area contributed by atoms with Crippen LogP contribution in [0.2, 0.25) is 0 Å². The second kappa shape index (κ2) is 3.14. The number of carboxylic acids is 1. The Kier molecular flexibility index (Phi) is 2.47. The number of aromatic amines is 1. The quantitative estimate of drug-likeness (QED) is 0.799. The van der Waals surface area contributed by atoms with Crippen LogP contribution in [0.4, 0.5) is 0 Å². The summed E-state index contributed by atoms with van der Waals surface area (Å²) in [6, 6.07) is 0. The fraction of sp³-hybridized carbons (Fsp3) is 0.500. The van der Waals surface area contributed by atoms with Crippen molar-refractivity contribution < 1.29 is 9.90 Å². The Balaban J connectivity index is 3.31. The third kappa shape index (κ3) is 1.91. The maximum absolute atomic E-state index is 10.9. The summed E-state index contributed by atoms with van der Waals surface area (Å²) in [5, 5.41) is 15.4. The molecule has 0 aliphatic heterocycles. The molecule has 0 bridgehead atoms. The van der Waals surface area contributed by atoms with E-state index in [9.17, 15) is 4.79 Å². The number of hydrogen-bond acceptors (Lipinski definition) is 2. The van der Waals surface area contributed by atoms with Gasteiger partial charge in [0.05, 0.1) is 5.69 Å². The van der Waals surface area contributed by atoms with Gasteiger partial charge in [-0.2, -0.15) is 5.10 Å². The number of hydrogen-bond donors (Lipinski definition) is 2. The molecule has 4 nitrogen and oxygen atoms in total. The Labute approximate surface area is 84.5 Å². The van der Waals surface area contributed by atoms with Crippen LogP contribution in [0, 0.1) is 0 Å². The van der Waals surface area contributed by atoms with Gasteiger partial charge < -0.3 is 5.11 Å². The minimum atomic E-state index is -0.967. The van der Waals surface area contributed by atoms with Crippen LogP contribution in [0.3, 0.4) is 0 Å². The van der Waals surface area contributed by atoms with Crippen molar-refractivity contribution in [1.29, 1.82) is 0 Å². The SMILES string of the molecule is CC(C)(C)c1[nH]nc(Br)c1C(=O)O. The van der Waals surface area contributed by atoms with Crippen molar-refractivity contribution in [2.75, 3.05) is 0 Å². The molecule has 0 radical (unpaired) electrons. The van der Waals surface area contributed by atoms with Crippen LogP contribution in [-0.4, -0.2) is 21.3 Å². The standard InChI is InChI=1S/C8H11BrN2O2/c1-8(2,3)5-4(7(12)13)6(9)11-10-5/h1-3H3,(H,10,11)(H,12,13). The summed E-state index contributed by atoms with van der Waals surface area (Å²) in [6.45, 7) is 5.79. The first-order chi connectivity index (χ1) is 5.84. The zero-order chi connectivity index (χ0) is 10.2. The predicted molar refractivity (Wildman–Crippen MR) is 51.9 cm³/mol. The molecule has 0 atom stereocenters. The molecule has 13 heavy (non-hydrogen) atoms. The minimum absolute atomic E-state index is 0.215. The lowest BCUT2D eigenvalue weighted by atomic mass is 9.90. The second-order valence-electron chi connectivity index (χ2n) is 3.82. The summed E-state index contributed by atoms with van der Waals surface area (Å²) in [4.78, 5) is 10.9. The largest absolute Gasteiger partial charge is 0.478 e. The molecule has 0 amide bonds. The third-order valence-electron chi connectivity index (χ3n) is 1.69. The van der Waals surface area contributed by atoms with E-state index in [0.29, 0.717) is 10.3 Å². The first kappa shape index (κ1) is 10.2. The van der Waals surface area contributed by atoms with E-state index < -0.39 is 5.97 Å². The number of aromatic carboxylic acids is 1. The van der Waals surface area contributed by atoms with E-state index in [1.165, 1.54) is 0 Å². The molecular formula is C8H11BrN2O2. The van der Waals surface area contributed by atoms with Crippen molar-refractivity contribution in [2.24, 2.45) is 0 Å². The number of carboxylic acid groups (broad SMARTS) is 1. The normalized spacial score (nSPS) is 11.7. The molecule has 0 spiro atoms. The molecule has 1 rings (SSSR count). The van der Waals surface area contributed by atoms with Gasteiger partial charge in [-0.05, 0) is 15.9 Å². The molecule has 72 valence electrons. The van der Waals surface area contributed by atoms with Crippen LogP contribution in [-0.2, 0) is 5.41 Å². The van der Waals surface area contributed by atoms with Crippen molar-refractivity contribution >= 4 is 21.9 Å². The molecule has 2 N–H and O–H groups in total. The summed E-state index contributed by atoms with van der Waals surface area (Å²) in [5.41, 5.74) is 0.603. The summed E-state index contributed by atoms with van der Waals surface area (Å²) in [6.07, 6.45) is 0. The number of nitrogens with zero attached hydrogens (tertiary/aromatic N) is 1. The monoisotopic (exact) mass is 246 g/mol. The topological polar surface area (TPSA) is 66.0 Å². The van der Waals surface area contributed by atoms with Crippen LogP contribution < -0.4 is 0 Å². The molecule has 0 unspecified atom stereocenters. The number of halogens is 1. The van der Waals surface area contributed by atoms with E-state index in [-0.39, 0.29) is 11.0 Å². The van der Waals surface area contributed by atoms with Crippen molar-refractivity contribution in [3.8, 4) is 0 Å². The van der Waals surface area contributed by atoms with Gasteiger partial charge in [0.2, 0.25) is 0 Å². The van der Waals surface area contributed by atoms with Crippen LogP contribution in [0.25, 0.3) is 0 Å². The van der Waals surface area contributed by atoms with Gasteiger partial charge in [-0.3, -0.25) is 5.10 Å². The van der Waals surface area contributed by atoms with Gasteiger partial charge >= 0.3 is 5.97 Å². The summed E-state index contributed by atoms with van der Waals surface area (Å²) in [5.74, 6) is -0.967. The molecular weight excluding hydrogens is 236 g/mol. The van der Waals surface area contributed by atoms with Crippen LogP contribution >= 0.6 is 15.9 Å². The predicted octanol–water partition coefficient (Wildman–Crippen LogP) is 2.17. The lowest BCUT2D eigenvalue weighted by molar-refractivity contribution is 0.0693. The van der Waals surface area contributed by atoms with Crippen molar-refractivity contribution in [1.82, 2.24) is 10.2 Å². The van der Waals surface area contributed by atoms with Gasteiger partial charge in [0.25, 0.3) is 0 Å². The summed E-state index contributed by atoms with van der Waals surface area (Å²) in [7, 11) is 0. The molecule has 1 heterocycles. The lowest BCUT2D eigenvalue weighted by Crippen LogP contribution is -2.16. The average molecular weight is 247 g/mol. The first-order valence-corrected chi connectivity index (χ1v) is 4.61. The van der Waals surface area contributed by atoms with Crippen LogP contribution in [0.5, 0.6) is 0 Å². The van der Waals surface area contributed by atoms with E-state index in [0.717, 1.165) is 0 Å². The van der Waals surface area contributed by atoms with Gasteiger partial charge in [-0.15, -0.1) is 0 Å². The Morgan fingerprint density at radius 3 is 2.38 bits per heavy atom. The van der Waals surface area contributed by atoms with E-state index in [1.54, 1.807) is 0 Å². The Bertz CT molecular complexity index is 338. The second-order valence-corrected chi connectivity index (χ2v) is 4.57. The number of rotatable bonds is 1. The summed E-state index contributed by atoms with van der Waals surface area (Å²) < 4.78 is 0.352. The van der Waals surface area contributed by atoms with E-state index in [1.807, 2.05) is 20.8 Å². The van der Waals surface area contributed by atoms with Gasteiger partial charge in [0.1, 0.15) is 10.2 Å². The smallest absolute Gasteiger partial charge is 0.340 e. The highest BCUT2D eigenvalue weighted by molar-refractivity contribution is 9.10. The number of aromatic nitrogens is 2. The maximum Gasteiger partial charge on any atom is 0.340 e. The van der Waals surface area contributed by atoms with Gasteiger partial charge in [-0.25, -0.2) is 4.79 Å². The van der Waals surface area contributed by atoms with Crippen LogP contribution in [0.15, 0.2) is 4.60 Å². The maximum atomic E-state index is 10.9. The Hall–Kier alpha value is -0.840. The minimum Gasteiger partial charge on any atom is -0.478 e. The molecule has 0 aliphatic rings. The molecule has 0 saturated carbocycles. The Morgan fingerprint density at radius 2 is 2.08 bits per heavy atom. The van der Waals surface area contributed by atoms with Gasteiger partial charge in [-0.1, -0.05) is 20.8 Å². The van der Waals surface area contributed by atoms with Gasteiger partial charge in [0, 0.05) is 5.41 Å². The first-order valence-electron chi connectivity index (χ1n) is 3.81. The molecule has 0 aromatic carbocycles. The fourth-order valence-electron chi connectivity index (χ4n) is 1.06. The van der Waals surface area contributed by atoms with E-state index in [4.69, 9.17) is 5.11 Å².